The van der Waals surface area contributed by atoms with Crippen LogP contribution in [0.3, 0.4) is 0 Å². The van der Waals surface area contributed by atoms with Crippen molar-refractivity contribution in [3.8, 4) is 6.07 Å². The number of rotatable bonds is 3. The van der Waals surface area contributed by atoms with Crippen LogP contribution in [0, 0.1) is 11.3 Å². The first kappa shape index (κ1) is 14.5. The molecule has 1 saturated heterocycles. The fourth-order valence-corrected chi connectivity index (χ4v) is 4.05. The van der Waals surface area contributed by atoms with Crippen LogP contribution in [0.2, 0.25) is 0 Å². The highest BCUT2D eigenvalue weighted by molar-refractivity contribution is 7.89. The number of nitrogens with zero attached hydrogens (tertiary/aromatic N) is 2. The van der Waals surface area contributed by atoms with Crippen LogP contribution in [-0.2, 0) is 14.8 Å². The Balaban J connectivity index is 2.42. The van der Waals surface area contributed by atoms with E-state index in [-0.39, 0.29) is 17.0 Å². The summed E-state index contributed by atoms with van der Waals surface area (Å²) in [7, 11) is -3.81. The van der Waals surface area contributed by atoms with Gasteiger partial charge in [0.05, 0.1) is 16.5 Å². The number of nitrogens with two attached hydrogens (primary N) is 1. The van der Waals surface area contributed by atoms with Gasteiger partial charge in [-0.3, -0.25) is 4.79 Å². The van der Waals surface area contributed by atoms with Crippen LogP contribution >= 0.6 is 0 Å². The van der Waals surface area contributed by atoms with Gasteiger partial charge in [-0.05, 0) is 31.0 Å². The highest BCUT2D eigenvalue weighted by atomic mass is 32.2. The van der Waals surface area contributed by atoms with E-state index < -0.39 is 22.0 Å². The average molecular weight is 293 g/mol. The maximum Gasteiger partial charge on any atom is 0.243 e. The van der Waals surface area contributed by atoms with E-state index >= 15 is 0 Å². The Bertz CT molecular complexity index is 664. The van der Waals surface area contributed by atoms with Gasteiger partial charge in [-0.1, -0.05) is 12.5 Å². The van der Waals surface area contributed by atoms with Crippen LogP contribution in [0.1, 0.15) is 24.8 Å². The minimum absolute atomic E-state index is 0.0182. The molecule has 20 heavy (non-hydrogen) atoms. The Hall–Kier alpha value is -1.91. The number of amides is 1. The van der Waals surface area contributed by atoms with E-state index in [9.17, 15) is 13.2 Å². The molecule has 1 aromatic rings. The lowest BCUT2D eigenvalue weighted by Gasteiger charge is -2.32. The predicted molar refractivity (Wildman–Crippen MR) is 71.9 cm³/mol. The Morgan fingerprint density at radius 1 is 1.40 bits per heavy atom. The highest BCUT2D eigenvalue weighted by Crippen LogP contribution is 2.25. The number of primary amides is 1. The maximum atomic E-state index is 12.6. The summed E-state index contributed by atoms with van der Waals surface area (Å²) in [5.41, 5.74) is 5.55. The second-order valence-electron chi connectivity index (χ2n) is 4.67. The number of benzene rings is 1. The van der Waals surface area contributed by atoms with Crippen LogP contribution in [0.5, 0.6) is 0 Å². The van der Waals surface area contributed by atoms with Crippen LogP contribution in [0.4, 0.5) is 0 Å². The quantitative estimate of drug-likeness (QED) is 0.880. The van der Waals surface area contributed by atoms with Crippen LogP contribution in [-0.4, -0.2) is 31.2 Å². The molecule has 0 unspecified atom stereocenters. The summed E-state index contributed by atoms with van der Waals surface area (Å²) in [4.78, 5) is 11.4. The lowest BCUT2D eigenvalue weighted by molar-refractivity contribution is -0.122. The minimum Gasteiger partial charge on any atom is -0.368 e. The Morgan fingerprint density at radius 3 is 2.80 bits per heavy atom. The van der Waals surface area contributed by atoms with Crippen molar-refractivity contribution >= 4 is 15.9 Å². The summed E-state index contributed by atoms with van der Waals surface area (Å²) in [5.74, 6) is -0.635. The monoisotopic (exact) mass is 293 g/mol. The number of hydrogen-bond donors (Lipinski definition) is 1. The average Bonchev–Trinajstić information content (AvgIpc) is 2.47. The summed E-state index contributed by atoms with van der Waals surface area (Å²) < 4.78 is 26.3. The number of sulfonamides is 1. The van der Waals surface area contributed by atoms with Gasteiger partial charge in [0.2, 0.25) is 15.9 Å². The van der Waals surface area contributed by atoms with Gasteiger partial charge >= 0.3 is 0 Å². The number of piperidine rings is 1. The van der Waals surface area contributed by atoms with Gasteiger partial charge in [0.15, 0.2) is 0 Å². The van der Waals surface area contributed by atoms with Crippen LogP contribution in [0.15, 0.2) is 29.2 Å². The zero-order valence-corrected chi connectivity index (χ0v) is 11.6. The number of carbonyl (C=O) groups excluding carboxylic acids is 1. The summed E-state index contributed by atoms with van der Waals surface area (Å²) in [6.45, 7) is 0.271. The molecular weight excluding hydrogens is 278 g/mol. The largest absolute Gasteiger partial charge is 0.368 e. The number of hydrogen-bond acceptors (Lipinski definition) is 4. The molecular formula is C13H15N3O3S. The molecule has 0 aromatic heterocycles. The second kappa shape index (κ2) is 5.61. The molecule has 1 amide bonds. The molecule has 1 atom stereocenters. The van der Waals surface area contributed by atoms with E-state index in [0.717, 1.165) is 10.7 Å². The summed E-state index contributed by atoms with van der Waals surface area (Å²) >= 11 is 0. The highest BCUT2D eigenvalue weighted by Gasteiger charge is 2.36. The van der Waals surface area contributed by atoms with Gasteiger partial charge in [0.25, 0.3) is 0 Å². The predicted octanol–water partition coefficient (Wildman–Crippen LogP) is 0.587. The van der Waals surface area contributed by atoms with Crippen molar-refractivity contribution in [1.29, 1.82) is 5.26 Å². The molecule has 1 aliphatic rings. The van der Waals surface area contributed by atoms with Crippen molar-refractivity contribution in [1.82, 2.24) is 4.31 Å². The molecule has 106 valence electrons. The molecule has 7 heteroatoms. The maximum absolute atomic E-state index is 12.6. The van der Waals surface area contributed by atoms with Gasteiger partial charge in [-0.2, -0.15) is 9.57 Å². The minimum atomic E-state index is -3.81. The summed E-state index contributed by atoms with van der Waals surface area (Å²) in [6.07, 6.45) is 1.91. The molecule has 0 saturated carbocycles. The van der Waals surface area contributed by atoms with Crippen molar-refractivity contribution in [2.45, 2.75) is 30.2 Å². The van der Waals surface area contributed by atoms with E-state index in [1.807, 2.05) is 6.07 Å². The first-order valence-corrected chi connectivity index (χ1v) is 7.72. The molecule has 6 nitrogen and oxygen atoms in total. The van der Waals surface area contributed by atoms with Crippen molar-refractivity contribution in [2.75, 3.05) is 6.54 Å². The van der Waals surface area contributed by atoms with Gasteiger partial charge in [-0.15, -0.1) is 0 Å². The zero-order valence-electron chi connectivity index (χ0n) is 10.8. The molecule has 0 spiro atoms. The molecule has 2 N–H and O–H groups in total. The Kier molecular flexibility index (Phi) is 4.06. The standard InChI is InChI=1S/C13H15N3O3S/c14-9-10-4-3-5-11(8-10)20(18,19)16-7-2-1-6-12(16)13(15)17/h3-5,8,12H,1-2,6-7H2,(H2,15,17)/t12-/m1/s1. The van der Waals surface area contributed by atoms with Crippen LogP contribution in [0.25, 0.3) is 0 Å². The van der Waals surface area contributed by atoms with E-state index in [4.69, 9.17) is 11.0 Å². The third-order valence-electron chi connectivity index (χ3n) is 3.35. The first-order chi connectivity index (χ1) is 9.46. The van der Waals surface area contributed by atoms with Gasteiger partial charge in [0, 0.05) is 6.54 Å². The zero-order chi connectivity index (χ0) is 14.8. The lowest BCUT2D eigenvalue weighted by Crippen LogP contribution is -2.50. The SMILES string of the molecule is N#Cc1cccc(S(=O)(=O)N2CCCC[C@@H]2C(N)=O)c1. The molecule has 2 rings (SSSR count). The Morgan fingerprint density at radius 2 is 2.15 bits per heavy atom. The van der Waals surface area contributed by atoms with Gasteiger partial charge < -0.3 is 5.73 Å². The van der Waals surface area contributed by atoms with Gasteiger partial charge in [-0.25, -0.2) is 8.42 Å². The normalized spacial score (nSPS) is 20.2. The molecule has 0 radical (unpaired) electrons. The van der Waals surface area contributed by atoms with E-state index in [0.29, 0.717) is 12.8 Å². The lowest BCUT2D eigenvalue weighted by atomic mass is 10.0. The second-order valence-corrected chi connectivity index (χ2v) is 6.56. The first-order valence-electron chi connectivity index (χ1n) is 6.28. The molecule has 1 aromatic carbocycles. The summed E-state index contributed by atoms with van der Waals surface area (Å²) in [6, 6.07) is 6.86. The van der Waals surface area contributed by atoms with Crippen LogP contribution < -0.4 is 5.73 Å². The number of carbonyl (C=O) groups is 1. The molecule has 1 aliphatic heterocycles. The van der Waals surface area contributed by atoms with Gasteiger partial charge in [0.1, 0.15) is 6.04 Å². The third-order valence-corrected chi connectivity index (χ3v) is 5.26. The topological polar surface area (TPSA) is 104 Å². The molecule has 0 aliphatic carbocycles. The van der Waals surface area contributed by atoms with Crippen molar-refractivity contribution in [3.05, 3.63) is 29.8 Å². The number of nitriles is 1. The molecule has 0 bridgehead atoms. The van der Waals surface area contributed by atoms with Crippen molar-refractivity contribution in [2.24, 2.45) is 5.73 Å². The van der Waals surface area contributed by atoms with E-state index in [1.54, 1.807) is 0 Å². The fraction of sp³-hybridized carbons (Fsp3) is 0.385. The molecule has 1 fully saturated rings. The van der Waals surface area contributed by atoms with Crippen molar-refractivity contribution < 1.29 is 13.2 Å². The molecule has 1 heterocycles. The summed E-state index contributed by atoms with van der Waals surface area (Å²) in [5, 5.41) is 8.85. The smallest absolute Gasteiger partial charge is 0.243 e. The van der Waals surface area contributed by atoms with E-state index in [1.165, 1.54) is 24.3 Å². The fourth-order valence-electron chi connectivity index (χ4n) is 2.34. The Labute approximate surface area is 117 Å². The van der Waals surface area contributed by atoms with Crippen molar-refractivity contribution in [3.63, 3.8) is 0 Å². The van der Waals surface area contributed by atoms with E-state index in [2.05, 4.69) is 0 Å². The third kappa shape index (κ3) is 2.66.